The van der Waals surface area contributed by atoms with Gasteiger partial charge in [0, 0.05) is 18.2 Å². The number of halogens is 1. The van der Waals surface area contributed by atoms with E-state index in [2.05, 4.69) is 4.18 Å². The molecule has 0 spiro atoms. The minimum atomic E-state index is -4.18. The highest BCUT2D eigenvalue weighted by atomic mass is 35.7. The summed E-state index contributed by atoms with van der Waals surface area (Å²) in [4.78, 5) is 23.7. The summed E-state index contributed by atoms with van der Waals surface area (Å²) in [5, 5.41) is 0. The minimum Gasteiger partial charge on any atom is -0.371 e. The van der Waals surface area contributed by atoms with E-state index in [1.807, 2.05) is 0 Å². The normalized spacial score (nSPS) is 15.3. The number of amides is 2. The van der Waals surface area contributed by atoms with Gasteiger partial charge in [0.05, 0.1) is 16.4 Å². The highest BCUT2D eigenvalue weighted by Gasteiger charge is 2.25. The molecule has 8 heteroatoms. The first-order valence-corrected chi connectivity index (χ1v) is 6.90. The molecule has 1 aliphatic rings. The van der Waals surface area contributed by atoms with Crippen LogP contribution in [0.3, 0.4) is 0 Å². The summed E-state index contributed by atoms with van der Waals surface area (Å²) >= 11 is 0. The molecule has 0 radical (unpaired) electrons. The van der Waals surface area contributed by atoms with Crippen LogP contribution in [0.1, 0.15) is 0 Å². The van der Waals surface area contributed by atoms with Gasteiger partial charge in [-0.3, -0.25) is 9.59 Å². The predicted octanol–water partition coefficient (Wildman–Crippen LogP) is 0.978. The van der Waals surface area contributed by atoms with Gasteiger partial charge in [0.15, 0.2) is 0 Å². The Hall–Kier alpha value is -1.86. The van der Waals surface area contributed by atoms with E-state index in [1.54, 1.807) is 0 Å². The number of hydrogen-bond acceptors (Lipinski definition) is 5. The third-order valence-electron chi connectivity index (χ3n) is 2.08. The number of imide groups is 1. The molecule has 0 aromatic heterocycles. The second-order valence-electron chi connectivity index (χ2n) is 3.32. The van der Waals surface area contributed by atoms with Gasteiger partial charge in [-0.2, -0.15) is 8.42 Å². The third kappa shape index (κ3) is 2.69. The van der Waals surface area contributed by atoms with Crippen LogP contribution in [0.4, 0.5) is 5.69 Å². The van der Waals surface area contributed by atoms with Crippen LogP contribution in [0.5, 0.6) is 5.75 Å². The number of benzene rings is 1. The van der Waals surface area contributed by atoms with Crippen molar-refractivity contribution >= 4 is 37.5 Å². The Morgan fingerprint density at radius 3 is 2.28 bits per heavy atom. The maximum Gasteiger partial charge on any atom is 0.401 e. The van der Waals surface area contributed by atoms with Gasteiger partial charge in [0.1, 0.15) is 5.75 Å². The maximum absolute atomic E-state index is 11.4. The van der Waals surface area contributed by atoms with Crippen molar-refractivity contribution in [2.45, 2.75) is 0 Å². The van der Waals surface area contributed by atoms with Crippen molar-refractivity contribution in [3.63, 3.8) is 0 Å². The number of carbonyl (C=O) groups is 2. The fraction of sp³-hybridized carbons (Fsp3) is 0. The molecule has 18 heavy (non-hydrogen) atoms. The van der Waals surface area contributed by atoms with E-state index in [9.17, 15) is 18.0 Å². The largest absolute Gasteiger partial charge is 0.401 e. The van der Waals surface area contributed by atoms with E-state index < -0.39 is 21.1 Å². The van der Waals surface area contributed by atoms with Crippen LogP contribution in [0.2, 0.25) is 0 Å². The Kier molecular flexibility index (Phi) is 3.10. The summed E-state index contributed by atoms with van der Waals surface area (Å²) in [6.45, 7) is 0. The zero-order valence-corrected chi connectivity index (χ0v) is 10.3. The van der Waals surface area contributed by atoms with Crippen LogP contribution >= 0.6 is 10.7 Å². The second-order valence-corrected chi connectivity index (χ2v) is 5.41. The van der Waals surface area contributed by atoms with Crippen molar-refractivity contribution in [1.82, 2.24) is 0 Å². The Morgan fingerprint density at radius 2 is 1.72 bits per heavy atom. The number of carbonyl (C=O) groups excluding carboxylic acids is 2. The molecule has 2 amide bonds. The van der Waals surface area contributed by atoms with Gasteiger partial charge < -0.3 is 4.18 Å². The zero-order chi connectivity index (χ0) is 13.3. The van der Waals surface area contributed by atoms with Crippen molar-refractivity contribution in [3.8, 4) is 5.75 Å². The zero-order valence-electron chi connectivity index (χ0n) is 8.74. The summed E-state index contributed by atoms with van der Waals surface area (Å²) in [7, 11) is 0.751. The molecule has 0 atom stereocenters. The van der Waals surface area contributed by atoms with E-state index >= 15 is 0 Å². The van der Waals surface area contributed by atoms with Crippen LogP contribution in [0.25, 0.3) is 0 Å². The molecule has 0 bridgehead atoms. The molecule has 0 saturated carbocycles. The molecule has 0 N–H and O–H groups in total. The minimum absolute atomic E-state index is 0.0880. The maximum atomic E-state index is 11.4. The number of nitrogens with zero attached hydrogens (tertiary/aromatic N) is 1. The molecule has 1 heterocycles. The van der Waals surface area contributed by atoms with E-state index in [0.717, 1.165) is 17.1 Å². The average molecular weight is 288 g/mol. The molecule has 6 nitrogen and oxygen atoms in total. The molecule has 0 saturated heterocycles. The van der Waals surface area contributed by atoms with Gasteiger partial charge in [0.25, 0.3) is 11.8 Å². The fourth-order valence-corrected chi connectivity index (χ4v) is 2.00. The summed E-state index contributed by atoms with van der Waals surface area (Å²) in [5.41, 5.74) is 0.202. The van der Waals surface area contributed by atoms with Crippen LogP contribution in [0.15, 0.2) is 36.4 Å². The first-order chi connectivity index (χ1) is 8.37. The lowest BCUT2D eigenvalue weighted by Gasteiger charge is -2.14. The molecule has 1 aromatic carbocycles. The lowest BCUT2D eigenvalue weighted by Crippen LogP contribution is -2.29. The molecule has 0 unspecified atom stereocenters. The van der Waals surface area contributed by atoms with Gasteiger partial charge in [-0.25, -0.2) is 4.90 Å². The van der Waals surface area contributed by atoms with Crippen LogP contribution in [0, 0.1) is 0 Å². The molecule has 0 fully saturated rings. The summed E-state index contributed by atoms with van der Waals surface area (Å²) in [6, 6.07) is 5.47. The topological polar surface area (TPSA) is 80.8 Å². The molecule has 2 rings (SSSR count). The van der Waals surface area contributed by atoms with Crippen molar-refractivity contribution in [3.05, 3.63) is 36.4 Å². The van der Waals surface area contributed by atoms with Gasteiger partial charge in [-0.15, -0.1) is 0 Å². The van der Waals surface area contributed by atoms with Gasteiger partial charge in [0.2, 0.25) is 0 Å². The van der Waals surface area contributed by atoms with Crippen LogP contribution < -0.4 is 9.08 Å². The van der Waals surface area contributed by atoms with Gasteiger partial charge in [-0.05, 0) is 12.1 Å². The Bertz CT molecular complexity index is 634. The summed E-state index contributed by atoms with van der Waals surface area (Å²) in [5.74, 6) is -1.10. The molecule has 1 aliphatic heterocycles. The van der Waals surface area contributed by atoms with Crippen molar-refractivity contribution in [2.75, 3.05) is 4.90 Å². The van der Waals surface area contributed by atoms with E-state index in [1.165, 1.54) is 24.3 Å². The number of rotatable bonds is 3. The predicted molar refractivity (Wildman–Crippen MR) is 63.5 cm³/mol. The molecular weight excluding hydrogens is 282 g/mol. The van der Waals surface area contributed by atoms with Crippen LogP contribution in [-0.4, -0.2) is 20.2 Å². The smallest absolute Gasteiger partial charge is 0.371 e. The molecule has 94 valence electrons. The monoisotopic (exact) mass is 287 g/mol. The highest BCUT2D eigenvalue weighted by molar-refractivity contribution is 8.10. The van der Waals surface area contributed by atoms with Gasteiger partial charge >= 0.3 is 9.33 Å². The average Bonchev–Trinajstić information content (AvgIpc) is 2.56. The highest BCUT2D eigenvalue weighted by Crippen LogP contribution is 2.25. The standard InChI is InChI=1S/C10H6ClNO5S/c11-18(15,16)17-8-3-1-2-7(6-8)12-9(13)4-5-10(12)14/h1-6H. The Labute approximate surface area is 107 Å². The van der Waals surface area contributed by atoms with Crippen molar-refractivity contribution < 1.29 is 22.2 Å². The number of hydrogen-bond donors (Lipinski definition) is 0. The summed E-state index contributed by atoms with van der Waals surface area (Å²) < 4.78 is 25.9. The quantitative estimate of drug-likeness (QED) is 0.611. The SMILES string of the molecule is O=C1C=CC(=O)N1c1cccc(OS(=O)(=O)Cl)c1. The Balaban J connectivity index is 2.33. The van der Waals surface area contributed by atoms with Crippen LogP contribution in [-0.2, 0) is 18.9 Å². The van der Waals surface area contributed by atoms with Crippen molar-refractivity contribution in [1.29, 1.82) is 0 Å². The van der Waals surface area contributed by atoms with Crippen molar-refractivity contribution in [2.24, 2.45) is 0 Å². The molecule has 0 aliphatic carbocycles. The van der Waals surface area contributed by atoms with E-state index in [0.29, 0.717) is 0 Å². The second kappa shape index (κ2) is 4.43. The lowest BCUT2D eigenvalue weighted by molar-refractivity contribution is -0.119. The third-order valence-corrected chi connectivity index (χ3v) is 2.66. The number of anilines is 1. The van der Waals surface area contributed by atoms with E-state index in [4.69, 9.17) is 10.7 Å². The molecular formula is C10H6ClNO5S. The summed E-state index contributed by atoms with van der Waals surface area (Å²) in [6.07, 6.45) is 2.24. The first kappa shape index (κ1) is 12.6. The Morgan fingerprint density at radius 1 is 1.11 bits per heavy atom. The first-order valence-electron chi connectivity index (χ1n) is 4.67. The molecule has 1 aromatic rings. The van der Waals surface area contributed by atoms with E-state index in [-0.39, 0.29) is 11.4 Å². The lowest BCUT2D eigenvalue weighted by atomic mass is 10.3. The fourth-order valence-electron chi connectivity index (χ4n) is 1.44. The van der Waals surface area contributed by atoms with Gasteiger partial charge in [-0.1, -0.05) is 6.07 Å².